The number of hydrogen-bond donors (Lipinski definition) is 1. The number of carbonyl (C=O) groups excluding carboxylic acids is 1. The standard InChI is InChI=1S/C16H19N3O2.2ClH/c1-11-10-17-7-8-19(11)16(20)13-5-6-14(18-12(13)2)15-4-3-9-21-15;;/h3-6,9,11,17H,7-8,10H2,1-2H3;2*1H. The number of pyridine rings is 1. The first-order valence-corrected chi connectivity index (χ1v) is 7.20. The smallest absolute Gasteiger partial charge is 0.256 e. The first-order valence-electron chi connectivity index (χ1n) is 7.20. The minimum absolute atomic E-state index is 0. The summed E-state index contributed by atoms with van der Waals surface area (Å²) in [5, 5.41) is 3.29. The third-order valence-electron chi connectivity index (χ3n) is 3.85. The van der Waals surface area contributed by atoms with Gasteiger partial charge in [0.15, 0.2) is 5.76 Å². The highest BCUT2D eigenvalue weighted by Crippen LogP contribution is 2.20. The molecule has 1 amide bonds. The number of hydrogen-bond acceptors (Lipinski definition) is 4. The van der Waals surface area contributed by atoms with Crippen LogP contribution in [0.4, 0.5) is 0 Å². The van der Waals surface area contributed by atoms with Gasteiger partial charge in [-0.1, -0.05) is 0 Å². The SMILES string of the molecule is Cc1nc(-c2ccco2)ccc1C(=O)N1CCNCC1C.Cl.Cl. The molecule has 3 rings (SSSR count). The quantitative estimate of drug-likeness (QED) is 0.897. The zero-order valence-electron chi connectivity index (χ0n) is 13.1. The van der Waals surface area contributed by atoms with Gasteiger partial charge in [0.05, 0.1) is 17.5 Å². The van der Waals surface area contributed by atoms with Crippen LogP contribution in [0.25, 0.3) is 11.5 Å². The van der Waals surface area contributed by atoms with Gasteiger partial charge >= 0.3 is 0 Å². The number of aryl methyl sites for hydroxylation is 1. The van der Waals surface area contributed by atoms with Crippen molar-refractivity contribution in [3.8, 4) is 11.5 Å². The monoisotopic (exact) mass is 357 g/mol. The van der Waals surface area contributed by atoms with Crippen LogP contribution in [-0.4, -0.2) is 41.5 Å². The van der Waals surface area contributed by atoms with E-state index in [1.807, 2.05) is 36.1 Å². The molecule has 1 aliphatic heterocycles. The molecule has 1 unspecified atom stereocenters. The van der Waals surface area contributed by atoms with Crippen LogP contribution in [0.15, 0.2) is 34.9 Å². The second-order valence-corrected chi connectivity index (χ2v) is 5.36. The van der Waals surface area contributed by atoms with Gasteiger partial charge in [0.2, 0.25) is 0 Å². The van der Waals surface area contributed by atoms with Crippen molar-refractivity contribution in [2.45, 2.75) is 19.9 Å². The number of amides is 1. The van der Waals surface area contributed by atoms with Crippen LogP contribution in [0, 0.1) is 6.92 Å². The maximum absolute atomic E-state index is 12.7. The second-order valence-electron chi connectivity index (χ2n) is 5.36. The number of halogens is 2. The average molecular weight is 358 g/mol. The van der Waals surface area contributed by atoms with Crippen LogP contribution in [0.5, 0.6) is 0 Å². The fourth-order valence-corrected chi connectivity index (χ4v) is 2.65. The molecule has 0 bridgehead atoms. The molecule has 2 aromatic heterocycles. The molecule has 23 heavy (non-hydrogen) atoms. The predicted molar refractivity (Wildman–Crippen MR) is 94.5 cm³/mol. The Labute approximate surface area is 148 Å². The van der Waals surface area contributed by atoms with Gasteiger partial charge in [-0.3, -0.25) is 4.79 Å². The van der Waals surface area contributed by atoms with Crippen LogP contribution < -0.4 is 5.32 Å². The van der Waals surface area contributed by atoms with Crippen molar-refractivity contribution in [2.75, 3.05) is 19.6 Å². The number of nitrogens with one attached hydrogen (secondary N) is 1. The van der Waals surface area contributed by atoms with Crippen LogP contribution in [0.1, 0.15) is 23.0 Å². The predicted octanol–water partition coefficient (Wildman–Crippen LogP) is 2.93. The van der Waals surface area contributed by atoms with E-state index in [2.05, 4.69) is 17.2 Å². The zero-order chi connectivity index (χ0) is 14.8. The Morgan fingerprint density at radius 1 is 1.35 bits per heavy atom. The zero-order valence-corrected chi connectivity index (χ0v) is 14.7. The molecule has 1 fully saturated rings. The summed E-state index contributed by atoms with van der Waals surface area (Å²) in [7, 11) is 0. The van der Waals surface area contributed by atoms with Gasteiger partial charge < -0.3 is 14.6 Å². The van der Waals surface area contributed by atoms with Gasteiger partial charge in [0.1, 0.15) is 5.69 Å². The van der Waals surface area contributed by atoms with Gasteiger partial charge in [-0.2, -0.15) is 0 Å². The lowest BCUT2D eigenvalue weighted by molar-refractivity contribution is 0.0654. The summed E-state index contributed by atoms with van der Waals surface area (Å²) in [5.74, 6) is 0.771. The minimum atomic E-state index is 0. The first-order chi connectivity index (χ1) is 10.2. The Hall–Kier alpha value is -1.56. The summed E-state index contributed by atoms with van der Waals surface area (Å²) >= 11 is 0. The number of piperazine rings is 1. The highest BCUT2D eigenvalue weighted by atomic mass is 35.5. The summed E-state index contributed by atoms with van der Waals surface area (Å²) < 4.78 is 5.34. The molecule has 7 heteroatoms. The van der Waals surface area contributed by atoms with Crippen molar-refractivity contribution in [2.24, 2.45) is 0 Å². The van der Waals surface area contributed by atoms with E-state index in [0.717, 1.165) is 31.0 Å². The summed E-state index contributed by atoms with van der Waals surface area (Å²) in [6.07, 6.45) is 1.62. The van der Waals surface area contributed by atoms with E-state index in [1.165, 1.54) is 0 Å². The molecule has 1 atom stereocenters. The largest absolute Gasteiger partial charge is 0.463 e. The molecule has 0 aromatic carbocycles. The molecule has 0 spiro atoms. The third kappa shape index (κ3) is 4.05. The molecule has 1 saturated heterocycles. The van der Waals surface area contributed by atoms with Crippen LogP contribution in [0.3, 0.4) is 0 Å². The van der Waals surface area contributed by atoms with Crippen LogP contribution >= 0.6 is 24.8 Å². The molecule has 0 radical (unpaired) electrons. The van der Waals surface area contributed by atoms with E-state index in [0.29, 0.717) is 11.3 Å². The number of carbonyl (C=O) groups is 1. The van der Waals surface area contributed by atoms with Crippen molar-refractivity contribution in [1.29, 1.82) is 0 Å². The number of nitrogens with zero attached hydrogens (tertiary/aromatic N) is 2. The van der Waals surface area contributed by atoms with Gasteiger partial charge in [0.25, 0.3) is 5.91 Å². The van der Waals surface area contributed by atoms with Crippen LogP contribution in [-0.2, 0) is 0 Å². The van der Waals surface area contributed by atoms with Gasteiger partial charge in [-0.15, -0.1) is 24.8 Å². The lowest BCUT2D eigenvalue weighted by Crippen LogP contribution is -2.52. The molecule has 0 aliphatic carbocycles. The molecule has 3 heterocycles. The molecular weight excluding hydrogens is 337 g/mol. The van der Waals surface area contributed by atoms with E-state index < -0.39 is 0 Å². The lowest BCUT2D eigenvalue weighted by Gasteiger charge is -2.34. The molecule has 2 aromatic rings. The van der Waals surface area contributed by atoms with Gasteiger partial charge in [0, 0.05) is 25.7 Å². The van der Waals surface area contributed by atoms with Crippen molar-refractivity contribution in [3.05, 3.63) is 41.8 Å². The summed E-state index contributed by atoms with van der Waals surface area (Å²) in [4.78, 5) is 19.1. The fraction of sp³-hybridized carbons (Fsp3) is 0.375. The van der Waals surface area contributed by atoms with Crippen LogP contribution in [0.2, 0.25) is 0 Å². The van der Waals surface area contributed by atoms with Crippen molar-refractivity contribution in [1.82, 2.24) is 15.2 Å². The summed E-state index contributed by atoms with van der Waals surface area (Å²) in [5.41, 5.74) is 2.15. The molecule has 1 aliphatic rings. The number of aromatic nitrogens is 1. The molecular formula is C16H21Cl2N3O2. The van der Waals surface area contributed by atoms with E-state index in [1.54, 1.807) is 6.26 Å². The van der Waals surface area contributed by atoms with Crippen molar-refractivity contribution >= 4 is 30.7 Å². The maximum Gasteiger partial charge on any atom is 0.256 e. The Morgan fingerprint density at radius 3 is 2.74 bits per heavy atom. The summed E-state index contributed by atoms with van der Waals surface area (Å²) in [6.45, 7) is 6.34. The summed E-state index contributed by atoms with van der Waals surface area (Å²) in [6, 6.07) is 7.58. The normalized spacial score (nSPS) is 17.1. The fourth-order valence-electron chi connectivity index (χ4n) is 2.65. The Kier molecular flexibility index (Phi) is 7.06. The molecule has 0 saturated carbocycles. The number of rotatable bonds is 2. The molecule has 126 valence electrons. The van der Waals surface area contributed by atoms with Gasteiger partial charge in [-0.05, 0) is 38.1 Å². The topological polar surface area (TPSA) is 58.4 Å². The van der Waals surface area contributed by atoms with Gasteiger partial charge in [-0.25, -0.2) is 4.98 Å². The Bertz CT molecular complexity index is 647. The highest BCUT2D eigenvalue weighted by molar-refractivity contribution is 5.95. The highest BCUT2D eigenvalue weighted by Gasteiger charge is 2.25. The van der Waals surface area contributed by atoms with E-state index in [4.69, 9.17) is 4.42 Å². The third-order valence-corrected chi connectivity index (χ3v) is 3.85. The Balaban J connectivity index is 0.00000132. The van der Waals surface area contributed by atoms with E-state index in [9.17, 15) is 4.79 Å². The van der Waals surface area contributed by atoms with E-state index in [-0.39, 0.29) is 36.8 Å². The van der Waals surface area contributed by atoms with E-state index >= 15 is 0 Å². The second kappa shape index (κ2) is 8.34. The Morgan fingerprint density at radius 2 is 2.13 bits per heavy atom. The first kappa shape index (κ1) is 19.5. The average Bonchev–Trinajstić information content (AvgIpc) is 3.01. The lowest BCUT2D eigenvalue weighted by atomic mass is 10.1. The number of furan rings is 1. The van der Waals surface area contributed by atoms with Crippen molar-refractivity contribution < 1.29 is 9.21 Å². The minimum Gasteiger partial charge on any atom is -0.463 e. The molecule has 5 nitrogen and oxygen atoms in total. The maximum atomic E-state index is 12.7. The van der Waals surface area contributed by atoms with Crippen molar-refractivity contribution in [3.63, 3.8) is 0 Å². The molecule has 1 N–H and O–H groups in total.